The van der Waals surface area contributed by atoms with Crippen molar-refractivity contribution < 1.29 is 14.8 Å². The van der Waals surface area contributed by atoms with E-state index >= 15 is 0 Å². The molecule has 1 aromatic carbocycles. The van der Waals surface area contributed by atoms with Crippen molar-refractivity contribution in [3.05, 3.63) is 49.2 Å². The molecule has 0 spiro atoms. The third-order valence-corrected chi connectivity index (χ3v) is 3.76. The highest BCUT2D eigenvalue weighted by molar-refractivity contribution is 14.1. The Morgan fingerprint density at radius 3 is 2.83 bits per heavy atom. The summed E-state index contributed by atoms with van der Waals surface area (Å²) in [6.45, 7) is 3.54. The molecule has 126 valence electrons. The molecule has 10 heteroatoms. The van der Waals surface area contributed by atoms with Crippen LogP contribution in [0.3, 0.4) is 0 Å². The lowest BCUT2D eigenvalue weighted by Gasteiger charge is -2.05. The Kier molecular flexibility index (Phi) is 5.49. The van der Waals surface area contributed by atoms with Crippen molar-refractivity contribution in [2.24, 2.45) is 5.10 Å². The van der Waals surface area contributed by atoms with Crippen LogP contribution in [-0.2, 0) is 6.54 Å². The van der Waals surface area contributed by atoms with Crippen molar-refractivity contribution in [2.75, 3.05) is 0 Å². The number of carbonyl (C=O) groups is 1. The molecule has 1 aromatic heterocycles. The van der Waals surface area contributed by atoms with Gasteiger partial charge in [-0.15, -0.1) is 0 Å². The zero-order valence-electron chi connectivity index (χ0n) is 12.9. The fourth-order valence-electron chi connectivity index (χ4n) is 1.89. The minimum atomic E-state index is -0.572. The van der Waals surface area contributed by atoms with Gasteiger partial charge in [0.15, 0.2) is 0 Å². The summed E-state index contributed by atoms with van der Waals surface area (Å²) in [6.07, 6.45) is 0. The predicted octanol–water partition coefficient (Wildman–Crippen LogP) is 2.22. The molecular weight excluding hydrogens is 429 g/mol. The summed E-state index contributed by atoms with van der Waals surface area (Å²) >= 11 is 2.03. The van der Waals surface area contributed by atoms with Gasteiger partial charge in [0.2, 0.25) is 0 Å². The summed E-state index contributed by atoms with van der Waals surface area (Å²) < 4.78 is 2.22. The Bertz CT molecular complexity index is 831. The number of nitrogens with one attached hydrogen (secondary N) is 1. The summed E-state index contributed by atoms with van der Waals surface area (Å²) in [6, 6.07) is 6.00. The van der Waals surface area contributed by atoms with Crippen LogP contribution in [0.2, 0.25) is 0 Å². The zero-order chi connectivity index (χ0) is 17.9. The van der Waals surface area contributed by atoms with Gasteiger partial charge in [-0.3, -0.25) is 4.79 Å². The van der Waals surface area contributed by atoms with E-state index < -0.39 is 10.8 Å². The number of amides is 1. The van der Waals surface area contributed by atoms with E-state index in [0.717, 1.165) is 3.57 Å². The van der Waals surface area contributed by atoms with Gasteiger partial charge in [0.1, 0.15) is 12.3 Å². The van der Waals surface area contributed by atoms with Gasteiger partial charge in [-0.1, -0.05) is 0 Å². The molecule has 2 N–H and O–H groups in total. The smallest absolute Gasteiger partial charge is 0.390 e. The van der Waals surface area contributed by atoms with Crippen LogP contribution >= 0.6 is 22.6 Å². The van der Waals surface area contributed by atoms with E-state index in [4.69, 9.17) is 0 Å². The summed E-state index contributed by atoms with van der Waals surface area (Å²) in [7, 11) is 0. The second-order valence-electron chi connectivity index (χ2n) is 5.01. The molecule has 0 atom stereocenters. The summed E-state index contributed by atoms with van der Waals surface area (Å²) in [5.74, 6) is -0.930. The number of aryl methyl sites for hydroxylation is 1. The lowest BCUT2D eigenvalue weighted by molar-refractivity contribution is -0.389. The van der Waals surface area contributed by atoms with Crippen molar-refractivity contribution in [1.82, 2.24) is 15.2 Å². The summed E-state index contributed by atoms with van der Waals surface area (Å²) in [5.41, 5.74) is 3.57. The van der Waals surface area contributed by atoms with Crippen LogP contribution in [0.15, 0.2) is 29.4 Å². The predicted molar refractivity (Wildman–Crippen MR) is 95.0 cm³/mol. The second-order valence-corrected chi connectivity index (χ2v) is 6.25. The van der Waals surface area contributed by atoms with E-state index in [1.165, 1.54) is 22.9 Å². The molecule has 0 aliphatic carbocycles. The summed E-state index contributed by atoms with van der Waals surface area (Å²) in [5, 5.41) is 28.2. The first-order valence-corrected chi connectivity index (χ1v) is 7.86. The Hall–Kier alpha value is -2.50. The maximum absolute atomic E-state index is 12.0. The molecule has 0 bridgehead atoms. The molecule has 0 unspecified atom stereocenters. The number of rotatable bonds is 5. The van der Waals surface area contributed by atoms with E-state index in [1.54, 1.807) is 19.9 Å². The maximum Gasteiger partial charge on any atom is 0.390 e. The minimum Gasteiger partial charge on any atom is -0.507 e. The highest BCUT2D eigenvalue weighted by atomic mass is 127. The van der Waals surface area contributed by atoms with Gasteiger partial charge in [-0.25, -0.2) is 5.43 Å². The van der Waals surface area contributed by atoms with Crippen LogP contribution < -0.4 is 5.43 Å². The maximum atomic E-state index is 12.0. The Labute approximate surface area is 150 Å². The van der Waals surface area contributed by atoms with Gasteiger partial charge in [0.05, 0.1) is 28.1 Å². The van der Waals surface area contributed by atoms with Gasteiger partial charge < -0.3 is 15.2 Å². The highest BCUT2D eigenvalue weighted by Gasteiger charge is 2.16. The fraction of sp³-hybridized carbons (Fsp3) is 0.214. The van der Waals surface area contributed by atoms with Crippen molar-refractivity contribution in [2.45, 2.75) is 20.4 Å². The first kappa shape index (κ1) is 17.8. The van der Waals surface area contributed by atoms with Gasteiger partial charge in [0, 0.05) is 3.57 Å². The molecule has 1 heterocycles. The van der Waals surface area contributed by atoms with Crippen LogP contribution in [0.4, 0.5) is 5.82 Å². The average molecular weight is 443 g/mol. The van der Waals surface area contributed by atoms with Gasteiger partial charge >= 0.3 is 5.82 Å². The molecule has 0 fully saturated rings. The van der Waals surface area contributed by atoms with Crippen molar-refractivity contribution in [1.29, 1.82) is 0 Å². The van der Waals surface area contributed by atoms with E-state index in [0.29, 0.717) is 11.4 Å². The van der Waals surface area contributed by atoms with Gasteiger partial charge in [0.25, 0.3) is 5.91 Å². The van der Waals surface area contributed by atoms with E-state index in [1.807, 2.05) is 22.6 Å². The number of carbonyl (C=O) groups excluding carboxylic acids is 1. The number of nitro groups is 1. The Morgan fingerprint density at radius 1 is 1.50 bits per heavy atom. The molecule has 0 saturated heterocycles. The minimum absolute atomic E-state index is 0.115. The SMILES string of the molecule is CC(Cn1nc([N+](=O)[O-])cc1C)=NNC(=O)c1cc(I)ccc1O. The first-order chi connectivity index (χ1) is 11.3. The monoisotopic (exact) mass is 443 g/mol. The van der Waals surface area contributed by atoms with E-state index in [2.05, 4.69) is 15.6 Å². The van der Waals surface area contributed by atoms with Crippen molar-refractivity contribution in [3.63, 3.8) is 0 Å². The van der Waals surface area contributed by atoms with Crippen molar-refractivity contribution >= 4 is 40.0 Å². The molecule has 1 amide bonds. The average Bonchev–Trinajstić information content (AvgIpc) is 2.88. The number of hydrazone groups is 1. The third kappa shape index (κ3) is 4.28. The fourth-order valence-corrected chi connectivity index (χ4v) is 2.38. The van der Waals surface area contributed by atoms with E-state index in [-0.39, 0.29) is 23.7 Å². The standard InChI is InChI=1S/C14H14IN5O4/c1-8(7-19-9(2)5-13(18-19)20(23)24)16-17-14(22)11-6-10(15)3-4-12(11)21/h3-6,21H,7H2,1-2H3,(H,17,22). The topological polar surface area (TPSA) is 123 Å². The first-order valence-electron chi connectivity index (χ1n) is 6.79. The number of benzene rings is 1. The molecule has 2 rings (SSSR count). The number of phenolic OH excluding ortho intramolecular Hbond substituents is 1. The molecule has 0 aliphatic heterocycles. The van der Waals surface area contributed by atoms with Crippen LogP contribution in [0.5, 0.6) is 5.75 Å². The highest BCUT2D eigenvalue weighted by Crippen LogP contribution is 2.19. The van der Waals surface area contributed by atoms with Gasteiger partial charge in [-0.05, 0) is 59.6 Å². The second kappa shape index (κ2) is 7.38. The quantitative estimate of drug-likeness (QED) is 0.318. The lowest BCUT2D eigenvalue weighted by Crippen LogP contribution is -2.21. The Balaban J connectivity index is 2.07. The Morgan fingerprint density at radius 2 is 2.21 bits per heavy atom. The van der Waals surface area contributed by atoms with Gasteiger partial charge in [-0.2, -0.15) is 9.78 Å². The molecule has 2 aromatic rings. The number of hydrogen-bond donors (Lipinski definition) is 2. The molecule has 0 saturated carbocycles. The number of aromatic hydroxyl groups is 1. The number of halogens is 1. The number of aromatic nitrogens is 2. The van der Waals surface area contributed by atoms with Crippen LogP contribution in [0.1, 0.15) is 23.0 Å². The molecule has 0 aliphatic rings. The molecule has 0 radical (unpaired) electrons. The third-order valence-electron chi connectivity index (χ3n) is 3.09. The number of nitrogens with zero attached hydrogens (tertiary/aromatic N) is 4. The molecule has 24 heavy (non-hydrogen) atoms. The van der Waals surface area contributed by atoms with E-state index in [9.17, 15) is 20.0 Å². The normalized spacial score (nSPS) is 11.4. The van der Waals surface area contributed by atoms with Crippen LogP contribution in [-0.4, -0.2) is 31.4 Å². The zero-order valence-corrected chi connectivity index (χ0v) is 15.0. The summed E-state index contributed by atoms with van der Waals surface area (Å²) in [4.78, 5) is 22.2. The van der Waals surface area contributed by atoms with Crippen LogP contribution in [0.25, 0.3) is 0 Å². The van der Waals surface area contributed by atoms with Crippen LogP contribution in [0, 0.1) is 20.6 Å². The lowest BCUT2D eigenvalue weighted by atomic mass is 10.2. The number of phenols is 1. The largest absolute Gasteiger partial charge is 0.507 e. The molecule has 9 nitrogen and oxygen atoms in total. The van der Waals surface area contributed by atoms with Crippen molar-refractivity contribution in [3.8, 4) is 5.75 Å². The number of hydrogen-bond acceptors (Lipinski definition) is 6. The molecular formula is C14H14IN5O4.